The number of thioether (sulfide) groups is 1. The largest absolute Gasteiger partial charge is 0.351 e. The molecule has 0 saturated carbocycles. The quantitative estimate of drug-likeness (QED) is 0.590. The Hall–Kier alpha value is -1.20. The molecule has 6 heteroatoms. The SMILES string of the molecule is O=C(CSCc1ccc(Cl)c(Cl)c1)NCc1ccc(CN2CCCCC2)cc1. The van der Waals surface area contributed by atoms with E-state index in [1.807, 2.05) is 12.1 Å². The number of nitrogens with zero attached hydrogens (tertiary/aromatic N) is 1. The first-order valence-corrected chi connectivity index (χ1v) is 11.6. The van der Waals surface area contributed by atoms with Crippen LogP contribution in [0.2, 0.25) is 10.0 Å². The van der Waals surface area contributed by atoms with Gasteiger partial charge in [0.1, 0.15) is 0 Å². The molecular formula is C22H26Cl2N2OS. The molecule has 28 heavy (non-hydrogen) atoms. The molecule has 3 rings (SSSR count). The van der Waals surface area contributed by atoms with Gasteiger partial charge in [-0.1, -0.05) is 60.0 Å². The lowest BCUT2D eigenvalue weighted by atomic mass is 10.1. The van der Waals surface area contributed by atoms with Crippen molar-refractivity contribution in [2.75, 3.05) is 18.8 Å². The first kappa shape index (κ1) is 21.5. The van der Waals surface area contributed by atoms with Crippen LogP contribution in [0.5, 0.6) is 0 Å². The molecule has 0 aliphatic carbocycles. The fourth-order valence-electron chi connectivity index (χ4n) is 3.28. The van der Waals surface area contributed by atoms with Crippen molar-refractivity contribution >= 4 is 40.9 Å². The van der Waals surface area contributed by atoms with E-state index in [1.54, 1.807) is 17.8 Å². The maximum Gasteiger partial charge on any atom is 0.230 e. The second-order valence-corrected chi connectivity index (χ2v) is 8.97. The van der Waals surface area contributed by atoms with E-state index >= 15 is 0 Å². The van der Waals surface area contributed by atoms with Gasteiger partial charge in [-0.05, 0) is 54.8 Å². The summed E-state index contributed by atoms with van der Waals surface area (Å²) >= 11 is 13.5. The van der Waals surface area contributed by atoms with E-state index in [1.165, 1.54) is 37.9 Å². The van der Waals surface area contributed by atoms with E-state index < -0.39 is 0 Å². The zero-order valence-corrected chi connectivity index (χ0v) is 18.3. The van der Waals surface area contributed by atoms with E-state index in [-0.39, 0.29) is 5.91 Å². The Morgan fingerprint density at radius 1 is 0.929 bits per heavy atom. The summed E-state index contributed by atoms with van der Waals surface area (Å²) < 4.78 is 0. The van der Waals surface area contributed by atoms with Crippen LogP contribution in [0, 0.1) is 0 Å². The average Bonchev–Trinajstić information content (AvgIpc) is 2.71. The van der Waals surface area contributed by atoms with Gasteiger partial charge in [-0.2, -0.15) is 0 Å². The van der Waals surface area contributed by atoms with Crippen molar-refractivity contribution in [1.82, 2.24) is 10.2 Å². The van der Waals surface area contributed by atoms with E-state index in [2.05, 4.69) is 34.5 Å². The van der Waals surface area contributed by atoms with Gasteiger partial charge >= 0.3 is 0 Å². The summed E-state index contributed by atoms with van der Waals surface area (Å²) in [5.41, 5.74) is 3.54. The number of halogens is 2. The Balaban J connectivity index is 1.36. The molecule has 0 radical (unpaired) electrons. The smallest absolute Gasteiger partial charge is 0.230 e. The highest BCUT2D eigenvalue weighted by Crippen LogP contribution is 2.24. The second-order valence-electron chi connectivity index (χ2n) is 7.17. The summed E-state index contributed by atoms with van der Waals surface area (Å²) in [6, 6.07) is 14.1. The molecule has 1 amide bonds. The summed E-state index contributed by atoms with van der Waals surface area (Å²) in [5.74, 6) is 1.20. The number of likely N-dealkylation sites (tertiary alicyclic amines) is 1. The molecule has 2 aromatic carbocycles. The molecule has 0 unspecified atom stereocenters. The zero-order chi connectivity index (χ0) is 19.8. The van der Waals surface area contributed by atoms with Crippen LogP contribution in [0.15, 0.2) is 42.5 Å². The summed E-state index contributed by atoms with van der Waals surface area (Å²) in [7, 11) is 0. The monoisotopic (exact) mass is 436 g/mol. The summed E-state index contributed by atoms with van der Waals surface area (Å²) in [4.78, 5) is 14.6. The Kier molecular flexibility index (Phi) is 8.53. The molecule has 0 bridgehead atoms. The third-order valence-corrected chi connectivity index (χ3v) is 6.60. The topological polar surface area (TPSA) is 32.3 Å². The fourth-order valence-corrected chi connectivity index (χ4v) is 4.41. The van der Waals surface area contributed by atoms with E-state index in [4.69, 9.17) is 23.2 Å². The van der Waals surface area contributed by atoms with Crippen LogP contribution >= 0.6 is 35.0 Å². The molecule has 150 valence electrons. The molecule has 0 aromatic heterocycles. The number of piperidine rings is 1. The normalized spacial score (nSPS) is 14.8. The number of carbonyl (C=O) groups excluding carboxylic acids is 1. The zero-order valence-electron chi connectivity index (χ0n) is 15.9. The standard InChI is InChI=1S/C22H26Cl2N2OS/c23-20-9-8-19(12-21(20)24)15-28-16-22(27)25-13-17-4-6-18(7-5-17)14-26-10-2-1-3-11-26/h4-9,12H,1-3,10-11,13-16H2,(H,25,27). The van der Waals surface area contributed by atoms with E-state index in [0.29, 0.717) is 22.3 Å². The van der Waals surface area contributed by atoms with Crippen LogP contribution in [-0.4, -0.2) is 29.6 Å². The van der Waals surface area contributed by atoms with Crippen molar-refractivity contribution in [2.24, 2.45) is 0 Å². The van der Waals surface area contributed by atoms with Crippen molar-refractivity contribution in [3.63, 3.8) is 0 Å². The van der Waals surface area contributed by atoms with Gasteiger partial charge in [0, 0.05) is 18.8 Å². The Bertz CT molecular complexity index is 777. The first-order valence-electron chi connectivity index (χ1n) is 9.69. The van der Waals surface area contributed by atoms with Crippen LogP contribution in [0.25, 0.3) is 0 Å². The van der Waals surface area contributed by atoms with Crippen LogP contribution in [0.4, 0.5) is 0 Å². The maximum absolute atomic E-state index is 12.1. The molecule has 1 heterocycles. The van der Waals surface area contributed by atoms with Gasteiger partial charge in [0.15, 0.2) is 0 Å². The molecule has 1 aliphatic heterocycles. The molecule has 1 saturated heterocycles. The van der Waals surface area contributed by atoms with Gasteiger partial charge in [0.2, 0.25) is 5.91 Å². The van der Waals surface area contributed by atoms with Crippen molar-refractivity contribution < 1.29 is 4.79 Å². The molecule has 0 atom stereocenters. The number of amides is 1. The molecule has 3 nitrogen and oxygen atoms in total. The van der Waals surface area contributed by atoms with E-state index in [0.717, 1.165) is 23.4 Å². The van der Waals surface area contributed by atoms with Crippen LogP contribution < -0.4 is 5.32 Å². The number of nitrogens with one attached hydrogen (secondary N) is 1. The lowest BCUT2D eigenvalue weighted by Crippen LogP contribution is -2.29. The minimum Gasteiger partial charge on any atom is -0.351 e. The third kappa shape index (κ3) is 7.00. The highest BCUT2D eigenvalue weighted by Gasteiger charge is 2.10. The predicted octanol–water partition coefficient (Wildman–Crippen LogP) is 5.53. The van der Waals surface area contributed by atoms with Gasteiger partial charge in [0.05, 0.1) is 15.8 Å². The molecule has 1 aliphatic rings. The number of hydrogen-bond donors (Lipinski definition) is 1. The summed E-state index contributed by atoms with van der Waals surface area (Å²) in [6.07, 6.45) is 3.99. The second kappa shape index (κ2) is 11.1. The van der Waals surface area contributed by atoms with Gasteiger partial charge < -0.3 is 5.32 Å². The van der Waals surface area contributed by atoms with Crippen LogP contribution in [0.3, 0.4) is 0 Å². The average molecular weight is 437 g/mol. The van der Waals surface area contributed by atoms with Gasteiger partial charge in [-0.3, -0.25) is 9.69 Å². The maximum atomic E-state index is 12.1. The Morgan fingerprint density at radius 2 is 1.61 bits per heavy atom. The number of benzene rings is 2. The minimum absolute atomic E-state index is 0.0439. The van der Waals surface area contributed by atoms with Crippen molar-refractivity contribution in [1.29, 1.82) is 0 Å². The van der Waals surface area contributed by atoms with Crippen molar-refractivity contribution in [2.45, 2.75) is 38.1 Å². The molecule has 1 fully saturated rings. The van der Waals surface area contributed by atoms with Gasteiger partial charge in [-0.15, -0.1) is 11.8 Å². The van der Waals surface area contributed by atoms with Crippen LogP contribution in [-0.2, 0) is 23.6 Å². The van der Waals surface area contributed by atoms with Crippen molar-refractivity contribution in [3.05, 3.63) is 69.2 Å². The fraction of sp³-hybridized carbons (Fsp3) is 0.409. The first-order chi connectivity index (χ1) is 13.6. The molecular weight excluding hydrogens is 411 g/mol. The highest BCUT2D eigenvalue weighted by atomic mass is 35.5. The third-order valence-electron chi connectivity index (χ3n) is 4.85. The summed E-state index contributed by atoms with van der Waals surface area (Å²) in [6.45, 7) is 4.00. The molecule has 0 spiro atoms. The Labute approximate surface area is 181 Å². The lowest BCUT2D eigenvalue weighted by Gasteiger charge is -2.26. The Morgan fingerprint density at radius 3 is 2.32 bits per heavy atom. The number of rotatable bonds is 8. The van der Waals surface area contributed by atoms with Crippen LogP contribution in [0.1, 0.15) is 36.0 Å². The minimum atomic E-state index is 0.0439. The van der Waals surface area contributed by atoms with Gasteiger partial charge in [0.25, 0.3) is 0 Å². The summed E-state index contributed by atoms with van der Waals surface area (Å²) in [5, 5.41) is 4.09. The molecule has 2 aromatic rings. The van der Waals surface area contributed by atoms with Crippen molar-refractivity contribution in [3.8, 4) is 0 Å². The lowest BCUT2D eigenvalue weighted by molar-refractivity contribution is -0.118. The highest BCUT2D eigenvalue weighted by molar-refractivity contribution is 7.99. The predicted molar refractivity (Wildman–Crippen MR) is 120 cm³/mol. The van der Waals surface area contributed by atoms with Gasteiger partial charge in [-0.25, -0.2) is 0 Å². The molecule has 1 N–H and O–H groups in total. The number of carbonyl (C=O) groups is 1. The number of hydrogen-bond acceptors (Lipinski definition) is 3. The van der Waals surface area contributed by atoms with E-state index in [9.17, 15) is 4.79 Å².